The van der Waals surface area contributed by atoms with E-state index in [2.05, 4.69) is 72.4 Å². The summed E-state index contributed by atoms with van der Waals surface area (Å²) in [6.45, 7) is 5.19. The number of allylic oxidation sites excluding steroid dienone is 1. The lowest BCUT2D eigenvalue weighted by molar-refractivity contribution is -0.137. The predicted octanol–water partition coefficient (Wildman–Crippen LogP) is 6.06. The first-order valence-corrected chi connectivity index (χ1v) is 11.1. The molecule has 32 heavy (non-hydrogen) atoms. The number of hydrogen-bond donors (Lipinski definition) is 2. The summed E-state index contributed by atoms with van der Waals surface area (Å²) in [5.41, 5.74) is 15.9. The molecule has 3 aromatic rings. The smallest absolute Gasteiger partial charge is 0.330 e. The summed E-state index contributed by atoms with van der Waals surface area (Å²) in [7, 11) is 0. The van der Waals surface area contributed by atoms with Crippen molar-refractivity contribution >= 4 is 28.9 Å². The third kappa shape index (κ3) is 4.82. The highest BCUT2D eigenvalue weighted by Crippen LogP contribution is 2.36. The number of nitrogens with one attached hydrogen (secondary N) is 2. The van der Waals surface area contributed by atoms with E-state index in [1.165, 1.54) is 33.9 Å². The van der Waals surface area contributed by atoms with Gasteiger partial charge in [-0.1, -0.05) is 67.6 Å². The summed E-state index contributed by atoms with van der Waals surface area (Å²) in [6.07, 6.45) is 4.17. The number of carbonyl (C=O) groups is 1. The van der Waals surface area contributed by atoms with Crippen molar-refractivity contribution in [1.82, 2.24) is 5.43 Å². The first-order chi connectivity index (χ1) is 15.7. The van der Waals surface area contributed by atoms with Gasteiger partial charge in [0.05, 0.1) is 12.3 Å². The second-order valence-corrected chi connectivity index (χ2v) is 7.63. The van der Waals surface area contributed by atoms with Gasteiger partial charge in [-0.05, 0) is 70.5 Å². The Balaban J connectivity index is 1.78. The van der Waals surface area contributed by atoms with Crippen molar-refractivity contribution in [2.75, 3.05) is 12.0 Å². The van der Waals surface area contributed by atoms with Crippen LogP contribution in [0.2, 0.25) is 0 Å². The van der Waals surface area contributed by atoms with Gasteiger partial charge in [0.2, 0.25) is 0 Å². The number of ether oxygens (including phenoxy) is 1. The lowest BCUT2D eigenvalue weighted by atomic mass is 9.87. The zero-order valence-corrected chi connectivity index (χ0v) is 18.5. The van der Waals surface area contributed by atoms with Crippen LogP contribution >= 0.6 is 0 Å². The Labute approximate surface area is 189 Å². The molecule has 0 aliphatic carbocycles. The number of esters is 1. The van der Waals surface area contributed by atoms with E-state index < -0.39 is 0 Å². The van der Waals surface area contributed by atoms with Crippen LogP contribution in [-0.2, 0) is 16.1 Å². The van der Waals surface area contributed by atoms with E-state index >= 15 is 0 Å². The second-order valence-electron chi connectivity index (χ2n) is 7.63. The van der Waals surface area contributed by atoms with E-state index in [9.17, 15) is 4.79 Å². The number of benzene rings is 3. The zero-order valence-electron chi connectivity index (χ0n) is 18.5. The number of fused-ring (bicyclic) bond motifs is 1. The monoisotopic (exact) mass is 424 g/mol. The van der Waals surface area contributed by atoms with Crippen molar-refractivity contribution in [1.29, 1.82) is 0 Å². The van der Waals surface area contributed by atoms with Crippen molar-refractivity contribution in [3.63, 3.8) is 0 Å². The minimum atomic E-state index is -0.324. The molecule has 2 N–H and O–H groups in total. The molecule has 0 saturated carbocycles. The number of anilines is 1. The van der Waals surface area contributed by atoms with Crippen LogP contribution in [0, 0.1) is 0 Å². The molecule has 162 valence electrons. The van der Waals surface area contributed by atoms with Crippen LogP contribution in [0.5, 0.6) is 0 Å². The average molecular weight is 425 g/mol. The van der Waals surface area contributed by atoms with E-state index in [-0.39, 0.29) is 5.97 Å². The van der Waals surface area contributed by atoms with E-state index in [0.717, 1.165) is 29.8 Å². The molecule has 0 atom stereocenters. The summed E-state index contributed by atoms with van der Waals surface area (Å²) >= 11 is 0. The Kier molecular flexibility index (Phi) is 6.83. The van der Waals surface area contributed by atoms with Crippen molar-refractivity contribution in [2.24, 2.45) is 0 Å². The molecular weight excluding hydrogens is 396 g/mol. The third-order valence-electron chi connectivity index (χ3n) is 5.57. The fourth-order valence-corrected chi connectivity index (χ4v) is 4.05. The van der Waals surface area contributed by atoms with E-state index in [0.29, 0.717) is 6.61 Å². The van der Waals surface area contributed by atoms with Crippen molar-refractivity contribution in [2.45, 2.75) is 26.8 Å². The van der Waals surface area contributed by atoms with Crippen LogP contribution in [0.4, 0.5) is 5.69 Å². The van der Waals surface area contributed by atoms with Crippen LogP contribution < -0.4 is 10.9 Å². The Morgan fingerprint density at radius 3 is 2.41 bits per heavy atom. The summed E-state index contributed by atoms with van der Waals surface area (Å²) in [5.74, 6) is -0.324. The molecule has 0 radical (unpaired) electrons. The molecule has 1 heterocycles. The molecule has 0 saturated heterocycles. The van der Waals surface area contributed by atoms with Gasteiger partial charge < -0.3 is 10.2 Å². The standard InChI is InChI=1S/C28H28N2O2/c1-3-25(21-8-6-5-7-9-21)28(23-15-16-26-24(18-23)19-29-30-26)22-13-10-20(11-14-22)12-17-27(31)32-4-2/h5-18,29-30H,3-4,19H2,1-2H3/b17-12+,28-25+. The second kappa shape index (κ2) is 10.1. The highest BCUT2D eigenvalue weighted by Gasteiger charge is 2.16. The molecule has 0 fully saturated rings. The molecule has 1 aliphatic heterocycles. The molecular formula is C28H28N2O2. The van der Waals surface area contributed by atoms with Crippen LogP contribution in [-0.4, -0.2) is 12.6 Å². The summed E-state index contributed by atoms with van der Waals surface area (Å²) < 4.78 is 4.97. The van der Waals surface area contributed by atoms with E-state index in [1.54, 1.807) is 13.0 Å². The fraction of sp³-hybridized carbons (Fsp3) is 0.179. The number of carbonyl (C=O) groups excluding carboxylic acids is 1. The van der Waals surface area contributed by atoms with Gasteiger partial charge in [0, 0.05) is 12.6 Å². The molecule has 4 heteroatoms. The normalized spacial score (nSPS) is 13.4. The van der Waals surface area contributed by atoms with Crippen LogP contribution in [0.1, 0.15) is 48.1 Å². The van der Waals surface area contributed by atoms with Gasteiger partial charge in [-0.2, -0.15) is 0 Å². The number of hydrogen-bond acceptors (Lipinski definition) is 4. The molecule has 0 aromatic heterocycles. The van der Waals surface area contributed by atoms with Crippen molar-refractivity contribution < 1.29 is 9.53 Å². The van der Waals surface area contributed by atoms with E-state index in [1.807, 2.05) is 18.2 Å². The molecule has 1 aliphatic rings. The van der Waals surface area contributed by atoms with Gasteiger partial charge in [0.25, 0.3) is 0 Å². The Hall–Kier alpha value is -3.63. The first-order valence-electron chi connectivity index (χ1n) is 11.1. The maximum absolute atomic E-state index is 11.6. The zero-order chi connectivity index (χ0) is 22.3. The molecule has 0 unspecified atom stereocenters. The van der Waals surface area contributed by atoms with Gasteiger partial charge in [0.1, 0.15) is 0 Å². The maximum Gasteiger partial charge on any atom is 0.330 e. The van der Waals surface area contributed by atoms with Crippen molar-refractivity contribution in [3.05, 3.63) is 107 Å². The summed E-state index contributed by atoms with van der Waals surface area (Å²) in [4.78, 5) is 11.6. The highest BCUT2D eigenvalue weighted by atomic mass is 16.5. The first kappa shape index (κ1) is 21.6. The number of rotatable bonds is 7. The fourth-order valence-electron chi connectivity index (χ4n) is 4.05. The Morgan fingerprint density at radius 2 is 1.69 bits per heavy atom. The maximum atomic E-state index is 11.6. The molecule has 4 rings (SSSR count). The minimum absolute atomic E-state index is 0.324. The quantitative estimate of drug-likeness (QED) is 0.275. The van der Waals surface area contributed by atoms with Crippen LogP contribution in [0.15, 0.2) is 78.9 Å². The highest BCUT2D eigenvalue weighted by molar-refractivity contribution is 5.99. The SMILES string of the molecule is CCOC(=O)/C=C/c1ccc(/C(=C(/CC)c2ccccc2)c2ccc3c(c2)CNN3)cc1. The summed E-state index contributed by atoms with van der Waals surface area (Å²) in [6, 6.07) is 25.5. The van der Waals surface area contributed by atoms with Crippen LogP contribution in [0.25, 0.3) is 17.2 Å². The van der Waals surface area contributed by atoms with Gasteiger partial charge in [-0.25, -0.2) is 10.2 Å². The molecule has 0 amide bonds. The van der Waals surface area contributed by atoms with Crippen molar-refractivity contribution in [3.8, 4) is 0 Å². The van der Waals surface area contributed by atoms with Gasteiger partial charge >= 0.3 is 5.97 Å². The predicted molar refractivity (Wildman–Crippen MR) is 132 cm³/mol. The van der Waals surface area contributed by atoms with E-state index in [4.69, 9.17) is 4.74 Å². The number of hydrazine groups is 1. The average Bonchev–Trinajstić information content (AvgIpc) is 3.30. The van der Waals surface area contributed by atoms with Crippen LogP contribution in [0.3, 0.4) is 0 Å². The minimum Gasteiger partial charge on any atom is -0.463 e. The van der Waals surface area contributed by atoms with Gasteiger partial charge in [-0.15, -0.1) is 0 Å². The molecule has 4 nitrogen and oxygen atoms in total. The van der Waals surface area contributed by atoms with Gasteiger partial charge in [0.15, 0.2) is 0 Å². The Bertz CT molecular complexity index is 1150. The van der Waals surface area contributed by atoms with Gasteiger partial charge in [-0.3, -0.25) is 0 Å². The third-order valence-corrected chi connectivity index (χ3v) is 5.57. The molecule has 3 aromatic carbocycles. The lowest BCUT2D eigenvalue weighted by Gasteiger charge is -2.17. The molecule has 0 bridgehead atoms. The topological polar surface area (TPSA) is 50.4 Å². The largest absolute Gasteiger partial charge is 0.463 e. The lowest BCUT2D eigenvalue weighted by Crippen LogP contribution is -2.10. The Morgan fingerprint density at radius 1 is 0.938 bits per heavy atom. The summed E-state index contributed by atoms with van der Waals surface area (Å²) in [5, 5.41) is 0. The molecule has 0 spiro atoms.